The zero-order chi connectivity index (χ0) is 34.5. The number of aryl methyl sites for hydroxylation is 2. The molecule has 0 radical (unpaired) electrons. The molecule has 1 aromatic carbocycles. The number of sulfonamides is 1. The highest BCUT2D eigenvalue weighted by molar-refractivity contribution is 7.91. The predicted molar refractivity (Wildman–Crippen MR) is 182 cm³/mol. The van der Waals surface area contributed by atoms with Gasteiger partial charge in [0.05, 0.1) is 17.5 Å². The van der Waals surface area contributed by atoms with Gasteiger partial charge in [-0.1, -0.05) is 38.0 Å². The van der Waals surface area contributed by atoms with Crippen molar-refractivity contribution in [3.8, 4) is 0 Å². The number of anilines is 1. The Morgan fingerprint density at radius 1 is 1.12 bits per heavy atom. The van der Waals surface area contributed by atoms with Crippen LogP contribution in [0.15, 0.2) is 23.6 Å². The number of carbonyl (C=O) groups is 4. The third-order valence-corrected chi connectivity index (χ3v) is 13.3. The van der Waals surface area contributed by atoms with Crippen molar-refractivity contribution >= 4 is 50.3 Å². The summed E-state index contributed by atoms with van der Waals surface area (Å²) in [6, 6.07) is 4.41. The highest BCUT2D eigenvalue weighted by Gasteiger charge is 2.62. The van der Waals surface area contributed by atoms with Crippen molar-refractivity contribution in [1.82, 2.24) is 24.8 Å². The molecule has 3 fully saturated rings. The molecule has 13 nitrogen and oxygen atoms in total. The number of carbonyl (C=O) groups excluding carboxylic acids is 4. The summed E-state index contributed by atoms with van der Waals surface area (Å²) < 4.78 is 33.4. The molecule has 7 rings (SSSR count). The van der Waals surface area contributed by atoms with Gasteiger partial charge in [-0.2, -0.15) is 0 Å². The lowest BCUT2D eigenvalue weighted by atomic mass is 9.98. The van der Waals surface area contributed by atoms with Gasteiger partial charge < -0.3 is 20.3 Å². The quantitative estimate of drug-likeness (QED) is 0.408. The second kappa shape index (κ2) is 13.2. The summed E-state index contributed by atoms with van der Waals surface area (Å²) in [7, 11) is -3.83. The Morgan fingerprint density at radius 2 is 1.90 bits per heavy atom. The number of nitrogens with one attached hydrogen (secondary N) is 3. The van der Waals surface area contributed by atoms with Gasteiger partial charge in [-0.15, -0.1) is 11.3 Å². The molecule has 4 heterocycles. The van der Waals surface area contributed by atoms with Gasteiger partial charge >= 0.3 is 6.09 Å². The van der Waals surface area contributed by atoms with E-state index in [4.69, 9.17) is 9.72 Å². The molecule has 2 aromatic rings. The van der Waals surface area contributed by atoms with Gasteiger partial charge in [0.25, 0.3) is 5.91 Å². The SMILES string of the molecule is CC[C@@H]1C[C@]1(NC(=O)[C@@H]1C[C@@H]2CN1C(=O)[C@H](C)Nc1nc(cs1)CCCCCc1cccc3c1CN(C3)C(=O)O2)C(=O)NS(=O)(=O)C1CC1. The second-order valence-corrected chi connectivity index (χ2v) is 17.0. The largest absolute Gasteiger partial charge is 0.444 e. The van der Waals surface area contributed by atoms with Crippen molar-refractivity contribution in [1.29, 1.82) is 0 Å². The third-order valence-electron chi connectivity index (χ3n) is 10.6. The van der Waals surface area contributed by atoms with Crippen LogP contribution >= 0.6 is 11.3 Å². The summed E-state index contributed by atoms with van der Waals surface area (Å²) in [6.07, 6.45) is 5.43. The Balaban J connectivity index is 1.13. The Hall–Kier alpha value is -3.72. The summed E-state index contributed by atoms with van der Waals surface area (Å²) in [5, 5.41) is 8.05. The number of thiazole rings is 1. The van der Waals surface area contributed by atoms with Gasteiger partial charge in [0, 0.05) is 24.9 Å². The van der Waals surface area contributed by atoms with Crippen LogP contribution in [0, 0.1) is 5.92 Å². The van der Waals surface area contributed by atoms with E-state index < -0.39 is 56.9 Å². The number of amides is 4. The van der Waals surface area contributed by atoms with Crippen LogP contribution in [0.1, 0.15) is 87.6 Å². The highest BCUT2D eigenvalue weighted by Crippen LogP contribution is 2.47. The number of rotatable bonds is 6. The zero-order valence-corrected chi connectivity index (χ0v) is 29.5. The van der Waals surface area contributed by atoms with Gasteiger partial charge in [-0.05, 0) is 74.5 Å². The molecule has 2 saturated carbocycles. The molecule has 5 aliphatic rings. The van der Waals surface area contributed by atoms with Gasteiger partial charge in [0.15, 0.2) is 5.13 Å². The first-order valence-electron chi connectivity index (χ1n) is 17.4. The van der Waals surface area contributed by atoms with Crippen LogP contribution < -0.4 is 15.4 Å². The molecule has 264 valence electrons. The maximum Gasteiger partial charge on any atom is 0.410 e. The average Bonchev–Trinajstić information content (AvgIpc) is 3.89. The molecule has 5 atom stereocenters. The Morgan fingerprint density at radius 3 is 2.65 bits per heavy atom. The molecule has 15 heteroatoms. The molecule has 6 bridgehead atoms. The van der Waals surface area contributed by atoms with Crippen LogP contribution in [0.3, 0.4) is 0 Å². The van der Waals surface area contributed by atoms with E-state index in [1.165, 1.54) is 21.8 Å². The van der Waals surface area contributed by atoms with Crippen LogP contribution in [-0.4, -0.2) is 82.5 Å². The molecule has 3 aliphatic heterocycles. The molecule has 2 aliphatic carbocycles. The minimum atomic E-state index is -3.83. The zero-order valence-electron chi connectivity index (χ0n) is 27.9. The van der Waals surface area contributed by atoms with E-state index in [1.54, 1.807) is 11.8 Å². The number of hydrogen-bond donors (Lipinski definition) is 3. The van der Waals surface area contributed by atoms with Gasteiger partial charge in [0.2, 0.25) is 21.8 Å². The summed E-state index contributed by atoms with van der Waals surface area (Å²) in [5.74, 6) is -1.95. The first-order chi connectivity index (χ1) is 23.5. The first kappa shape index (κ1) is 33.8. The molecule has 49 heavy (non-hydrogen) atoms. The topological polar surface area (TPSA) is 167 Å². The smallest absolute Gasteiger partial charge is 0.410 e. The summed E-state index contributed by atoms with van der Waals surface area (Å²) in [6.45, 7) is 4.44. The standard InChI is InChI=1S/C34H44N6O7S2/c1-3-23-15-34(23,31(43)38-49(45,46)26-12-13-26)37-29(41)28-14-25-17-40(28)30(42)20(2)35-32-36-24(19-48-32)11-6-4-5-8-21-9-7-10-22-16-39(18-27(21)22)33(44)47-25/h7,9-10,19-20,23,25-26,28H,3-6,8,11-18H2,1-2H3,(H,35,36)(H,37,41)(H,38,43)/t20-,23+,25+,28-,34+/m0/s1. The normalized spacial score (nSPS) is 28.8. The van der Waals surface area contributed by atoms with Crippen LogP contribution in [0.5, 0.6) is 0 Å². The first-order valence-corrected chi connectivity index (χ1v) is 19.8. The number of benzene rings is 1. The Bertz CT molecular complexity index is 1760. The molecule has 1 aromatic heterocycles. The minimum Gasteiger partial charge on any atom is -0.444 e. The monoisotopic (exact) mass is 712 g/mol. The van der Waals surface area contributed by atoms with Crippen LogP contribution in [0.2, 0.25) is 0 Å². The number of hydrogen-bond acceptors (Lipinski definition) is 10. The van der Waals surface area contributed by atoms with Crippen molar-refractivity contribution in [3.63, 3.8) is 0 Å². The van der Waals surface area contributed by atoms with Crippen molar-refractivity contribution in [2.75, 3.05) is 11.9 Å². The fourth-order valence-corrected chi connectivity index (χ4v) is 9.72. The summed E-state index contributed by atoms with van der Waals surface area (Å²) >= 11 is 1.42. The Kier molecular flexibility index (Phi) is 9.09. The molecular weight excluding hydrogens is 669 g/mol. The van der Waals surface area contributed by atoms with E-state index in [9.17, 15) is 27.6 Å². The highest BCUT2D eigenvalue weighted by atomic mass is 32.2. The van der Waals surface area contributed by atoms with Crippen molar-refractivity contribution in [2.24, 2.45) is 5.92 Å². The molecule has 1 saturated heterocycles. The lowest BCUT2D eigenvalue weighted by molar-refractivity contribution is -0.140. The molecule has 0 unspecified atom stereocenters. The van der Waals surface area contributed by atoms with Gasteiger partial charge in [-0.3, -0.25) is 24.0 Å². The second-order valence-electron chi connectivity index (χ2n) is 14.2. The fourth-order valence-electron chi connectivity index (χ4n) is 7.52. The van der Waals surface area contributed by atoms with Crippen LogP contribution in [0.25, 0.3) is 0 Å². The lowest BCUT2D eigenvalue weighted by Crippen LogP contribution is -2.57. The molecule has 4 amide bonds. The third kappa shape index (κ3) is 6.88. The maximum atomic E-state index is 14.0. The Labute approximate surface area is 290 Å². The van der Waals surface area contributed by atoms with Crippen LogP contribution in [0.4, 0.5) is 9.93 Å². The number of aromatic nitrogens is 1. The number of ether oxygens (including phenoxy) is 1. The van der Waals surface area contributed by atoms with E-state index >= 15 is 0 Å². The summed E-state index contributed by atoms with van der Waals surface area (Å²) in [5.41, 5.74) is 3.06. The lowest BCUT2D eigenvalue weighted by Gasteiger charge is -2.28. The van der Waals surface area contributed by atoms with Crippen LogP contribution in [-0.2, 0) is 55.1 Å². The molecule has 0 spiro atoms. The summed E-state index contributed by atoms with van der Waals surface area (Å²) in [4.78, 5) is 62.7. The number of fused-ring (bicyclic) bond motifs is 5. The van der Waals surface area contributed by atoms with E-state index in [1.807, 2.05) is 24.4 Å². The number of nitrogens with zero attached hydrogens (tertiary/aromatic N) is 3. The molecular formula is C34H44N6O7S2. The average molecular weight is 713 g/mol. The van der Waals surface area contributed by atoms with E-state index in [0.29, 0.717) is 43.9 Å². The van der Waals surface area contributed by atoms with Crippen molar-refractivity contribution in [3.05, 3.63) is 46.0 Å². The van der Waals surface area contributed by atoms with E-state index in [-0.39, 0.29) is 24.8 Å². The predicted octanol–water partition coefficient (Wildman–Crippen LogP) is 3.23. The molecule has 3 N–H and O–H groups in total. The van der Waals surface area contributed by atoms with E-state index in [0.717, 1.165) is 48.9 Å². The van der Waals surface area contributed by atoms with Gasteiger partial charge in [0.1, 0.15) is 23.7 Å². The maximum absolute atomic E-state index is 14.0. The minimum absolute atomic E-state index is 0.00367. The fraction of sp³-hybridized carbons (Fsp3) is 0.618. The van der Waals surface area contributed by atoms with Gasteiger partial charge in [-0.25, -0.2) is 18.2 Å². The van der Waals surface area contributed by atoms with E-state index in [2.05, 4.69) is 21.4 Å². The van der Waals surface area contributed by atoms with Crippen molar-refractivity contribution < 1.29 is 32.3 Å². The van der Waals surface area contributed by atoms with Crippen molar-refractivity contribution in [2.45, 2.75) is 120 Å².